The molecule has 0 atom stereocenters. The monoisotopic (exact) mass is 209 g/mol. The van der Waals surface area contributed by atoms with E-state index in [2.05, 4.69) is 4.98 Å². The van der Waals surface area contributed by atoms with Gasteiger partial charge in [0.15, 0.2) is 0 Å². The lowest BCUT2D eigenvalue weighted by atomic mass is 10.2. The predicted octanol–water partition coefficient (Wildman–Crippen LogP) is 0.567. The molecule has 0 unspecified atom stereocenters. The fourth-order valence-corrected chi connectivity index (χ4v) is 1.90. The SMILES string of the molecule is CC(C)N1CCCn2c1nc(O)cc2=O. The van der Waals surface area contributed by atoms with Gasteiger partial charge in [0.2, 0.25) is 11.8 Å². The minimum absolute atomic E-state index is 0.178. The van der Waals surface area contributed by atoms with Gasteiger partial charge in [-0.25, -0.2) is 0 Å². The van der Waals surface area contributed by atoms with Crippen LogP contribution in [0, 0.1) is 0 Å². The van der Waals surface area contributed by atoms with E-state index in [0.717, 1.165) is 19.0 Å². The van der Waals surface area contributed by atoms with Crippen molar-refractivity contribution in [2.24, 2.45) is 0 Å². The van der Waals surface area contributed by atoms with Gasteiger partial charge in [-0.2, -0.15) is 4.98 Å². The molecule has 0 aliphatic carbocycles. The normalized spacial score (nSPS) is 15.5. The van der Waals surface area contributed by atoms with Gasteiger partial charge >= 0.3 is 0 Å². The van der Waals surface area contributed by atoms with E-state index in [4.69, 9.17) is 0 Å². The first-order chi connectivity index (χ1) is 7.09. The van der Waals surface area contributed by atoms with Crippen LogP contribution in [0.2, 0.25) is 0 Å². The zero-order chi connectivity index (χ0) is 11.0. The van der Waals surface area contributed by atoms with Gasteiger partial charge in [-0.3, -0.25) is 9.36 Å². The molecule has 1 aliphatic heterocycles. The van der Waals surface area contributed by atoms with Crippen molar-refractivity contribution in [1.29, 1.82) is 0 Å². The maximum Gasteiger partial charge on any atom is 0.258 e. The van der Waals surface area contributed by atoms with Crippen molar-refractivity contribution in [3.63, 3.8) is 0 Å². The molecule has 0 spiro atoms. The van der Waals surface area contributed by atoms with Crippen LogP contribution < -0.4 is 10.5 Å². The molecule has 82 valence electrons. The molecule has 0 saturated carbocycles. The maximum atomic E-state index is 11.6. The molecule has 0 bridgehead atoms. The van der Waals surface area contributed by atoms with Crippen LogP contribution in [0.25, 0.3) is 0 Å². The Labute approximate surface area is 88.0 Å². The van der Waals surface area contributed by atoms with Crippen molar-refractivity contribution in [1.82, 2.24) is 9.55 Å². The lowest BCUT2D eigenvalue weighted by Crippen LogP contribution is -2.42. The van der Waals surface area contributed by atoms with Gasteiger partial charge < -0.3 is 10.0 Å². The summed E-state index contributed by atoms with van der Waals surface area (Å²) in [5.41, 5.74) is -0.178. The first-order valence-electron chi connectivity index (χ1n) is 5.17. The van der Waals surface area contributed by atoms with Crippen molar-refractivity contribution in [2.45, 2.75) is 32.9 Å². The quantitative estimate of drug-likeness (QED) is 0.734. The summed E-state index contributed by atoms with van der Waals surface area (Å²) < 4.78 is 1.61. The van der Waals surface area contributed by atoms with Crippen LogP contribution in [0.4, 0.5) is 5.95 Å². The first kappa shape index (κ1) is 10.0. The van der Waals surface area contributed by atoms with Crippen molar-refractivity contribution in [3.05, 3.63) is 16.4 Å². The van der Waals surface area contributed by atoms with E-state index in [9.17, 15) is 9.90 Å². The summed E-state index contributed by atoms with van der Waals surface area (Å²) in [4.78, 5) is 17.6. The van der Waals surface area contributed by atoms with E-state index in [1.54, 1.807) is 4.57 Å². The number of hydrogen-bond acceptors (Lipinski definition) is 4. The first-order valence-corrected chi connectivity index (χ1v) is 5.17. The Hall–Kier alpha value is -1.52. The van der Waals surface area contributed by atoms with E-state index in [1.165, 1.54) is 0 Å². The highest BCUT2D eigenvalue weighted by Gasteiger charge is 2.21. The highest BCUT2D eigenvalue weighted by atomic mass is 16.3. The van der Waals surface area contributed by atoms with Gasteiger partial charge in [0.1, 0.15) is 0 Å². The largest absolute Gasteiger partial charge is 0.493 e. The van der Waals surface area contributed by atoms with Gasteiger partial charge in [-0.15, -0.1) is 0 Å². The second-order valence-electron chi connectivity index (χ2n) is 4.04. The predicted molar refractivity (Wildman–Crippen MR) is 57.3 cm³/mol. The molecule has 5 heteroatoms. The summed E-state index contributed by atoms with van der Waals surface area (Å²) in [6.45, 7) is 5.66. The summed E-state index contributed by atoms with van der Waals surface area (Å²) in [5.74, 6) is 0.389. The Bertz CT molecular complexity index is 425. The molecule has 15 heavy (non-hydrogen) atoms. The summed E-state index contributed by atoms with van der Waals surface area (Å²) >= 11 is 0. The van der Waals surface area contributed by atoms with E-state index in [1.807, 2.05) is 18.7 Å². The number of anilines is 1. The summed E-state index contributed by atoms with van der Waals surface area (Å²) in [7, 11) is 0. The number of aromatic nitrogens is 2. The number of aromatic hydroxyl groups is 1. The Morgan fingerprint density at radius 1 is 1.47 bits per heavy atom. The number of nitrogens with zero attached hydrogens (tertiary/aromatic N) is 3. The van der Waals surface area contributed by atoms with Crippen molar-refractivity contribution >= 4 is 5.95 Å². The molecule has 2 rings (SSSR count). The van der Waals surface area contributed by atoms with Crippen LogP contribution in [0.15, 0.2) is 10.9 Å². The molecule has 1 N–H and O–H groups in total. The zero-order valence-corrected chi connectivity index (χ0v) is 8.97. The van der Waals surface area contributed by atoms with Crippen LogP contribution in [0.3, 0.4) is 0 Å². The second kappa shape index (κ2) is 3.56. The van der Waals surface area contributed by atoms with E-state index < -0.39 is 0 Å². The average molecular weight is 209 g/mol. The van der Waals surface area contributed by atoms with Gasteiger partial charge in [0.25, 0.3) is 5.56 Å². The summed E-state index contributed by atoms with van der Waals surface area (Å²) in [6, 6.07) is 1.44. The maximum absolute atomic E-state index is 11.6. The number of rotatable bonds is 1. The minimum Gasteiger partial charge on any atom is -0.493 e. The molecule has 0 amide bonds. The van der Waals surface area contributed by atoms with Gasteiger partial charge in [0, 0.05) is 19.1 Å². The van der Waals surface area contributed by atoms with E-state index >= 15 is 0 Å². The minimum atomic E-state index is -0.196. The smallest absolute Gasteiger partial charge is 0.258 e. The third kappa shape index (κ3) is 1.69. The molecule has 2 heterocycles. The molecular formula is C10H15N3O2. The van der Waals surface area contributed by atoms with Crippen molar-refractivity contribution < 1.29 is 5.11 Å². The van der Waals surface area contributed by atoms with E-state index in [-0.39, 0.29) is 17.5 Å². The van der Waals surface area contributed by atoms with Gasteiger partial charge in [0.05, 0.1) is 6.07 Å². The fourth-order valence-electron chi connectivity index (χ4n) is 1.90. The lowest BCUT2D eigenvalue weighted by molar-refractivity contribution is 0.433. The molecule has 0 saturated heterocycles. The summed E-state index contributed by atoms with van der Waals surface area (Å²) in [6.07, 6.45) is 0.942. The van der Waals surface area contributed by atoms with Crippen molar-refractivity contribution in [3.8, 4) is 5.88 Å². The second-order valence-corrected chi connectivity index (χ2v) is 4.04. The molecule has 1 aliphatic rings. The molecule has 5 nitrogen and oxygen atoms in total. The third-order valence-electron chi connectivity index (χ3n) is 2.64. The Morgan fingerprint density at radius 3 is 2.87 bits per heavy atom. The molecule has 0 radical (unpaired) electrons. The average Bonchev–Trinajstić information content (AvgIpc) is 2.16. The van der Waals surface area contributed by atoms with Gasteiger partial charge in [-0.1, -0.05) is 0 Å². The molecular weight excluding hydrogens is 194 g/mol. The topological polar surface area (TPSA) is 58.4 Å². The van der Waals surface area contributed by atoms with Crippen LogP contribution >= 0.6 is 0 Å². The molecule has 1 aromatic heterocycles. The zero-order valence-electron chi connectivity index (χ0n) is 8.97. The number of hydrogen-bond donors (Lipinski definition) is 1. The molecule has 0 fully saturated rings. The lowest BCUT2D eigenvalue weighted by Gasteiger charge is -2.33. The van der Waals surface area contributed by atoms with Crippen LogP contribution in [0.1, 0.15) is 20.3 Å². The van der Waals surface area contributed by atoms with Crippen LogP contribution in [0.5, 0.6) is 5.88 Å². The van der Waals surface area contributed by atoms with Crippen LogP contribution in [-0.2, 0) is 6.54 Å². The van der Waals surface area contributed by atoms with Crippen LogP contribution in [-0.4, -0.2) is 27.2 Å². The summed E-state index contributed by atoms with van der Waals surface area (Å²) in [5, 5.41) is 9.32. The van der Waals surface area contributed by atoms with Gasteiger partial charge in [-0.05, 0) is 20.3 Å². The highest BCUT2D eigenvalue weighted by molar-refractivity contribution is 5.36. The Morgan fingerprint density at radius 2 is 2.20 bits per heavy atom. The highest BCUT2D eigenvalue weighted by Crippen LogP contribution is 2.20. The third-order valence-corrected chi connectivity index (χ3v) is 2.64. The fraction of sp³-hybridized carbons (Fsp3) is 0.600. The molecule has 0 aromatic carbocycles. The standard InChI is InChI=1S/C10H15N3O2/c1-7(2)12-4-3-5-13-9(15)6-8(14)11-10(12)13/h6-7,14H,3-5H2,1-2H3. The number of fused-ring (bicyclic) bond motifs is 1. The Balaban J connectivity index is 2.55. The van der Waals surface area contributed by atoms with Crippen molar-refractivity contribution in [2.75, 3.05) is 11.4 Å². The molecule has 1 aromatic rings. The Kier molecular flexibility index (Phi) is 2.38. The van der Waals surface area contributed by atoms with E-state index in [0.29, 0.717) is 12.5 Å².